The lowest BCUT2D eigenvalue weighted by Crippen LogP contribution is -2.44. The molecule has 1 fully saturated rings. The molecular weight excluding hydrogens is 268 g/mol. The van der Waals surface area contributed by atoms with Gasteiger partial charge in [-0.15, -0.1) is 11.3 Å². The third-order valence-electron chi connectivity index (χ3n) is 4.41. The van der Waals surface area contributed by atoms with Crippen LogP contribution in [0.2, 0.25) is 0 Å². The second kappa shape index (κ2) is 7.23. The molecule has 1 heterocycles. The van der Waals surface area contributed by atoms with E-state index in [1.165, 1.54) is 37.0 Å². The molecule has 0 radical (unpaired) electrons. The lowest BCUT2D eigenvalue weighted by atomic mass is 9.73. The highest BCUT2D eigenvalue weighted by Gasteiger charge is 2.35. The number of rotatable bonds is 6. The Kier molecular flexibility index (Phi) is 5.61. The Morgan fingerprint density at radius 3 is 2.75 bits per heavy atom. The van der Waals surface area contributed by atoms with Crippen LogP contribution < -0.4 is 10.6 Å². The fourth-order valence-electron chi connectivity index (χ4n) is 3.15. The number of thiophene rings is 1. The van der Waals surface area contributed by atoms with Crippen LogP contribution in [-0.4, -0.2) is 26.0 Å². The maximum atomic E-state index is 12.1. The standard InChI is InChI=1S/C16H26N2OS/c1-13(11-17-2)15(19)18-12-16(8-4-3-5-9-16)14-7-6-10-20-14/h6-7,10,13,17H,3-5,8-9,11-12H2,1-2H3,(H,18,19). The van der Waals surface area contributed by atoms with E-state index in [0.29, 0.717) is 0 Å². The summed E-state index contributed by atoms with van der Waals surface area (Å²) in [5, 5.41) is 8.41. The molecule has 1 aliphatic rings. The molecule has 0 bridgehead atoms. The topological polar surface area (TPSA) is 41.1 Å². The molecule has 1 atom stereocenters. The van der Waals surface area contributed by atoms with Crippen LogP contribution in [-0.2, 0) is 10.2 Å². The first-order valence-corrected chi connectivity index (χ1v) is 8.52. The summed E-state index contributed by atoms with van der Waals surface area (Å²) in [5.41, 5.74) is 0.182. The molecule has 1 aromatic heterocycles. The highest BCUT2D eigenvalue weighted by atomic mass is 32.1. The van der Waals surface area contributed by atoms with Crippen LogP contribution in [0, 0.1) is 5.92 Å². The maximum absolute atomic E-state index is 12.1. The van der Waals surface area contributed by atoms with Crippen LogP contribution in [0.5, 0.6) is 0 Å². The molecule has 0 spiro atoms. The maximum Gasteiger partial charge on any atom is 0.224 e. The van der Waals surface area contributed by atoms with Crippen LogP contribution in [0.25, 0.3) is 0 Å². The Bertz CT molecular complexity index is 410. The van der Waals surface area contributed by atoms with Crippen molar-refractivity contribution in [3.05, 3.63) is 22.4 Å². The molecule has 0 saturated heterocycles. The number of hydrogen-bond donors (Lipinski definition) is 2. The number of nitrogens with one attached hydrogen (secondary N) is 2. The van der Waals surface area contributed by atoms with E-state index >= 15 is 0 Å². The molecule has 2 N–H and O–H groups in total. The van der Waals surface area contributed by atoms with Gasteiger partial charge in [0, 0.05) is 29.3 Å². The summed E-state index contributed by atoms with van der Waals surface area (Å²) in [6.45, 7) is 3.50. The molecule has 1 saturated carbocycles. The van der Waals surface area contributed by atoms with E-state index in [1.807, 2.05) is 25.3 Å². The summed E-state index contributed by atoms with van der Waals surface area (Å²) in [7, 11) is 1.89. The molecule has 1 aromatic rings. The van der Waals surface area contributed by atoms with Crippen molar-refractivity contribution < 1.29 is 4.79 Å². The van der Waals surface area contributed by atoms with E-state index in [9.17, 15) is 4.79 Å². The van der Waals surface area contributed by atoms with Gasteiger partial charge in [0.2, 0.25) is 5.91 Å². The first-order valence-electron chi connectivity index (χ1n) is 7.64. The van der Waals surface area contributed by atoms with Gasteiger partial charge in [-0.2, -0.15) is 0 Å². The van der Waals surface area contributed by atoms with Gasteiger partial charge in [0.1, 0.15) is 0 Å². The van der Waals surface area contributed by atoms with Gasteiger partial charge in [-0.25, -0.2) is 0 Å². The zero-order chi connectivity index (χ0) is 14.4. The molecular formula is C16H26N2OS. The largest absolute Gasteiger partial charge is 0.355 e. The van der Waals surface area contributed by atoms with Crippen LogP contribution in [0.15, 0.2) is 17.5 Å². The number of carbonyl (C=O) groups excluding carboxylic acids is 1. The Morgan fingerprint density at radius 1 is 1.40 bits per heavy atom. The molecule has 1 aliphatic carbocycles. The summed E-state index contributed by atoms with van der Waals surface area (Å²) >= 11 is 1.83. The number of amides is 1. The molecule has 2 rings (SSSR count). The Hall–Kier alpha value is -0.870. The van der Waals surface area contributed by atoms with Crippen molar-refractivity contribution in [2.75, 3.05) is 20.1 Å². The Morgan fingerprint density at radius 2 is 2.15 bits per heavy atom. The average Bonchev–Trinajstić information content (AvgIpc) is 3.01. The number of carbonyl (C=O) groups is 1. The molecule has 3 nitrogen and oxygen atoms in total. The van der Waals surface area contributed by atoms with Crippen molar-refractivity contribution in [2.45, 2.75) is 44.4 Å². The molecule has 0 aliphatic heterocycles. The van der Waals surface area contributed by atoms with Crippen LogP contribution in [0.1, 0.15) is 43.9 Å². The fraction of sp³-hybridized carbons (Fsp3) is 0.688. The highest BCUT2D eigenvalue weighted by Crippen LogP contribution is 2.41. The Balaban J connectivity index is 2.00. The van der Waals surface area contributed by atoms with Gasteiger partial charge < -0.3 is 10.6 Å². The van der Waals surface area contributed by atoms with Gasteiger partial charge in [0.05, 0.1) is 0 Å². The van der Waals surface area contributed by atoms with Crippen molar-refractivity contribution in [3.63, 3.8) is 0 Å². The molecule has 20 heavy (non-hydrogen) atoms. The minimum Gasteiger partial charge on any atom is -0.355 e. The van der Waals surface area contributed by atoms with Crippen molar-refractivity contribution in [3.8, 4) is 0 Å². The number of hydrogen-bond acceptors (Lipinski definition) is 3. The van der Waals surface area contributed by atoms with E-state index in [4.69, 9.17) is 0 Å². The zero-order valence-electron chi connectivity index (χ0n) is 12.6. The fourth-order valence-corrected chi connectivity index (χ4v) is 4.14. The summed E-state index contributed by atoms with van der Waals surface area (Å²) < 4.78 is 0. The molecule has 0 aromatic carbocycles. The summed E-state index contributed by atoms with van der Waals surface area (Å²) in [4.78, 5) is 13.6. The lowest BCUT2D eigenvalue weighted by Gasteiger charge is -2.37. The highest BCUT2D eigenvalue weighted by molar-refractivity contribution is 7.10. The minimum atomic E-state index is 0.0315. The predicted octanol–water partition coefficient (Wildman–Crippen LogP) is 2.92. The van der Waals surface area contributed by atoms with Gasteiger partial charge >= 0.3 is 0 Å². The third-order valence-corrected chi connectivity index (χ3v) is 5.53. The third kappa shape index (κ3) is 3.61. The van der Waals surface area contributed by atoms with Crippen LogP contribution >= 0.6 is 11.3 Å². The quantitative estimate of drug-likeness (QED) is 0.847. The SMILES string of the molecule is CNCC(C)C(=O)NCC1(c2cccs2)CCCCC1. The van der Waals surface area contributed by atoms with Crippen molar-refractivity contribution in [1.82, 2.24) is 10.6 Å². The Labute approximate surface area is 126 Å². The van der Waals surface area contributed by atoms with Crippen molar-refractivity contribution >= 4 is 17.2 Å². The first kappa shape index (κ1) is 15.5. The second-order valence-electron chi connectivity index (χ2n) is 5.99. The normalized spacial score (nSPS) is 19.5. The van der Waals surface area contributed by atoms with E-state index in [-0.39, 0.29) is 17.2 Å². The van der Waals surface area contributed by atoms with Gasteiger partial charge in [-0.1, -0.05) is 32.3 Å². The molecule has 1 unspecified atom stereocenters. The lowest BCUT2D eigenvalue weighted by molar-refractivity contribution is -0.124. The van der Waals surface area contributed by atoms with Crippen molar-refractivity contribution in [1.29, 1.82) is 0 Å². The van der Waals surface area contributed by atoms with E-state index in [0.717, 1.165) is 13.1 Å². The van der Waals surface area contributed by atoms with E-state index < -0.39 is 0 Å². The van der Waals surface area contributed by atoms with Gasteiger partial charge in [0.25, 0.3) is 0 Å². The van der Waals surface area contributed by atoms with E-state index in [2.05, 4.69) is 28.1 Å². The summed E-state index contributed by atoms with van der Waals surface area (Å²) in [6.07, 6.45) is 6.29. The monoisotopic (exact) mass is 294 g/mol. The molecule has 4 heteroatoms. The van der Waals surface area contributed by atoms with Crippen LogP contribution in [0.3, 0.4) is 0 Å². The second-order valence-corrected chi connectivity index (χ2v) is 6.94. The molecule has 112 valence electrons. The van der Waals surface area contributed by atoms with Crippen LogP contribution in [0.4, 0.5) is 0 Å². The summed E-state index contributed by atoms with van der Waals surface area (Å²) in [5.74, 6) is 0.199. The van der Waals surface area contributed by atoms with Gasteiger partial charge in [-0.05, 0) is 31.3 Å². The van der Waals surface area contributed by atoms with E-state index in [1.54, 1.807) is 0 Å². The van der Waals surface area contributed by atoms with Gasteiger partial charge in [-0.3, -0.25) is 4.79 Å². The van der Waals surface area contributed by atoms with Gasteiger partial charge in [0.15, 0.2) is 0 Å². The average molecular weight is 294 g/mol. The summed E-state index contributed by atoms with van der Waals surface area (Å²) in [6, 6.07) is 4.36. The first-order chi connectivity index (χ1) is 9.68. The zero-order valence-corrected chi connectivity index (χ0v) is 13.4. The minimum absolute atomic E-state index is 0.0315. The molecule has 1 amide bonds. The van der Waals surface area contributed by atoms with Crippen molar-refractivity contribution in [2.24, 2.45) is 5.92 Å². The predicted molar refractivity (Wildman–Crippen MR) is 85.2 cm³/mol. The smallest absolute Gasteiger partial charge is 0.224 e.